The molecule has 8 heteroatoms. The van der Waals surface area contributed by atoms with Gasteiger partial charge in [-0.25, -0.2) is 9.59 Å². The minimum atomic E-state index is -0.991. The summed E-state index contributed by atoms with van der Waals surface area (Å²) in [6.45, 7) is 0.939. The van der Waals surface area contributed by atoms with Crippen LogP contribution >= 0.6 is 0 Å². The number of amides is 2. The van der Waals surface area contributed by atoms with Crippen LogP contribution in [0.25, 0.3) is 11.1 Å². The van der Waals surface area contributed by atoms with E-state index in [0.29, 0.717) is 32.3 Å². The molecule has 1 heterocycles. The summed E-state index contributed by atoms with van der Waals surface area (Å²) in [5.74, 6) is -1.51. The molecule has 0 bridgehead atoms. The largest absolute Gasteiger partial charge is 0.479 e. The molecule has 0 aromatic heterocycles. The number of fused-ring (bicyclic) bond motifs is 3. The number of hydrogen-bond acceptors (Lipinski definition) is 5. The van der Waals surface area contributed by atoms with Crippen LogP contribution < -0.4 is 10.6 Å². The van der Waals surface area contributed by atoms with E-state index in [1.807, 2.05) is 24.3 Å². The van der Waals surface area contributed by atoms with Crippen molar-refractivity contribution in [2.24, 2.45) is 11.8 Å². The molecule has 2 amide bonds. The lowest BCUT2D eigenvalue weighted by Gasteiger charge is -2.18. The molecular formula is C27H30N2O6. The highest BCUT2D eigenvalue weighted by Gasteiger charge is 2.36. The summed E-state index contributed by atoms with van der Waals surface area (Å²) in [4.78, 5) is 36.4. The van der Waals surface area contributed by atoms with Gasteiger partial charge in [-0.1, -0.05) is 48.5 Å². The quantitative estimate of drug-likeness (QED) is 0.563. The van der Waals surface area contributed by atoms with Crippen molar-refractivity contribution in [1.82, 2.24) is 10.6 Å². The van der Waals surface area contributed by atoms with Crippen LogP contribution in [-0.4, -0.2) is 55.0 Å². The normalized spacial score (nSPS) is 25.0. The number of nitrogens with one attached hydrogen (secondary N) is 2. The number of rotatable bonds is 7. The molecule has 184 valence electrons. The molecule has 8 nitrogen and oxygen atoms in total. The summed E-state index contributed by atoms with van der Waals surface area (Å²) in [5.41, 5.74) is 4.69. The number of alkyl carbamates (subject to hydrolysis) is 1. The Bertz CT molecular complexity index is 1070. The van der Waals surface area contributed by atoms with E-state index in [9.17, 15) is 19.5 Å². The lowest BCUT2D eigenvalue weighted by Crippen LogP contribution is -2.39. The number of ether oxygens (including phenoxy) is 2. The van der Waals surface area contributed by atoms with Crippen molar-refractivity contribution >= 4 is 18.0 Å². The maximum absolute atomic E-state index is 12.6. The van der Waals surface area contributed by atoms with Crippen LogP contribution in [-0.2, 0) is 19.1 Å². The Labute approximate surface area is 204 Å². The standard InChI is InChI=1S/C27H30N2O6/c30-25(28-14-17-11-12-34-24(17)26(31)32)16-9-10-18(13-16)29-27(33)35-15-23-21-7-3-1-5-19(21)20-6-2-4-8-22(20)23/h1-8,16-18,23-24H,9-15H2,(H,28,30)(H,29,33)(H,31,32)/t16?,17-,18?,24-/m0/s1. The lowest BCUT2D eigenvalue weighted by molar-refractivity contribution is -0.149. The fraction of sp³-hybridized carbons (Fsp3) is 0.444. The van der Waals surface area contributed by atoms with Gasteiger partial charge < -0.3 is 25.2 Å². The molecule has 1 saturated carbocycles. The van der Waals surface area contributed by atoms with Crippen molar-refractivity contribution < 1.29 is 29.0 Å². The first-order valence-corrected chi connectivity index (χ1v) is 12.2. The highest BCUT2D eigenvalue weighted by molar-refractivity contribution is 5.80. The summed E-state index contributed by atoms with van der Waals surface area (Å²) in [6, 6.07) is 16.3. The third-order valence-electron chi connectivity index (χ3n) is 7.47. The van der Waals surface area contributed by atoms with Gasteiger partial charge in [0.05, 0.1) is 0 Å². The Morgan fingerprint density at radius 3 is 2.34 bits per heavy atom. The Morgan fingerprint density at radius 2 is 1.66 bits per heavy atom. The lowest BCUT2D eigenvalue weighted by atomic mass is 9.98. The molecule has 0 radical (unpaired) electrons. The number of benzene rings is 2. The molecule has 3 aliphatic rings. The SMILES string of the molecule is O=C(NC1CCC(C(=O)NC[C@@H]2CCO[C@@H]2C(=O)O)C1)OCC1c2ccccc2-c2ccccc21. The van der Waals surface area contributed by atoms with E-state index in [1.165, 1.54) is 11.1 Å². The van der Waals surface area contributed by atoms with Crippen LogP contribution in [0.1, 0.15) is 42.7 Å². The van der Waals surface area contributed by atoms with Crippen LogP contribution in [0.15, 0.2) is 48.5 Å². The summed E-state index contributed by atoms with van der Waals surface area (Å²) in [6.07, 6.45) is 1.20. The molecule has 2 unspecified atom stereocenters. The van der Waals surface area contributed by atoms with Gasteiger partial charge in [-0.05, 0) is 47.9 Å². The molecule has 2 aromatic carbocycles. The topological polar surface area (TPSA) is 114 Å². The fourth-order valence-electron chi connectivity index (χ4n) is 5.65. The average Bonchev–Trinajstić information content (AvgIpc) is 3.59. The van der Waals surface area contributed by atoms with Gasteiger partial charge >= 0.3 is 12.1 Å². The van der Waals surface area contributed by atoms with Gasteiger partial charge in [-0.15, -0.1) is 0 Å². The van der Waals surface area contributed by atoms with Gasteiger partial charge in [-0.3, -0.25) is 4.79 Å². The van der Waals surface area contributed by atoms with Gasteiger partial charge in [0, 0.05) is 36.9 Å². The Morgan fingerprint density at radius 1 is 0.971 bits per heavy atom. The van der Waals surface area contributed by atoms with E-state index in [2.05, 4.69) is 34.9 Å². The van der Waals surface area contributed by atoms with E-state index >= 15 is 0 Å². The van der Waals surface area contributed by atoms with Crippen molar-refractivity contribution in [3.63, 3.8) is 0 Å². The monoisotopic (exact) mass is 478 g/mol. The minimum Gasteiger partial charge on any atom is -0.479 e. The van der Waals surface area contributed by atoms with Crippen molar-refractivity contribution in [2.45, 2.75) is 43.7 Å². The van der Waals surface area contributed by atoms with E-state index in [1.54, 1.807) is 0 Å². The summed E-state index contributed by atoms with van der Waals surface area (Å²) in [5, 5.41) is 15.0. The number of carboxylic acid groups (broad SMARTS) is 1. The Kier molecular flexibility index (Phi) is 6.72. The number of carbonyl (C=O) groups is 3. The number of carboxylic acids is 1. The number of carbonyl (C=O) groups excluding carboxylic acids is 2. The molecule has 2 aromatic rings. The van der Waals surface area contributed by atoms with Gasteiger partial charge in [0.1, 0.15) is 6.61 Å². The predicted octanol–water partition coefficient (Wildman–Crippen LogP) is 3.30. The van der Waals surface area contributed by atoms with Crippen molar-refractivity contribution in [1.29, 1.82) is 0 Å². The van der Waals surface area contributed by atoms with Gasteiger partial charge in [0.15, 0.2) is 6.10 Å². The summed E-state index contributed by atoms with van der Waals surface area (Å²) >= 11 is 0. The molecule has 5 rings (SSSR count). The molecule has 3 N–H and O–H groups in total. The zero-order chi connectivity index (χ0) is 24.4. The molecular weight excluding hydrogens is 448 g/mol. The smallest absolute Gasteiger partial charge is 0.407 e. The average molecular weight is 479 g/mol. The first-order chi connectivity index (χ1) is 17.0. The highest BCUT2D eigenvalue weighted by Crippen LogP contribution is 2.44. The molecule has 1 saturated heterocycles. The van der Waals surface area contributed by atoms with Crippen LogP contribution in [0.3, 0.4) is 0 Å². The van der Waals surface area contributed by atoms with Crippen molar-refractivity contribution in [2.75, 3.05) is 19.8 Å². The van der Waals surface area contributed by atoms with Gasteiger partial charge in [0.25, 0.3) is 0 Å². The zero-order valence-electron chi connectivity index (χ0n) is 19.4. The molecule has 2 fully saturated rings. The van der Waals surface area contributed by atoms with Gasteiger partial charge in [-0.2, -0.15) is 0 Å². The first-order valence-electron chi connectivity index (χ1n) is 12.2. The molecule has 1 aliphatic heterocycles. The van der Waals surface area contributed by atoms with Gasteiger partial charge in [0.2, 0.25) is 5.91 Å². The fourth-order valence-corrected chi connectivity index (χ4v) is 5.65. The Balaban J connectivity index is 1.09. The summed E-state index contributed by atoms with van der Waals surface area (Å²) < 4.78 is 10.9. The third kappa shape index (κ3) is 4.89. The Hall–Kier alpha value is -3.39. The third-order valence-corrected chi connectivity index (χ3v) is 7.47. The number of aliphatic carboxylic acids is 1. The van der Waals surface area contributed by atoms with E-state index in [-0.39, 0.29) is 42.9 Å². The van der Waals surface area contributed by atoms with Crippen molar-refractivity contribution in [3.8, 4) is 11.1 Å². The van der Waals surface area contributed by atoms with E-state index in [4.69, 9.17) is 9.47 Å². The zero-order valence-corrected chi connectivity index (χ0v) is 19.4. The number of hydrogen-bond donors (Lipinski definition) is 3. The second kappa shape index (κ2) is 10.1. The molecule has 2 aliphatic carbocycles. The molecule has 35 heavy (non-hydrogen) atoms. The predicted molar refractivity (Wildman–Crippen MR) is 128 cm³/mol. The molecule has 4 atom stereocenters. The minimum absolute atomic E-state index is 0.00412. The second-order valence-corrected chi connectivity index (χ2v) is 9.60. The van der Waals surface area contributed by atoms with Crippen LogP contribution in [0.5, 0.6) is 0 Å². The molecule has 0 spiro atoms. The summed E-state index contributed by atoms with van der Waals surface area (Å²) in [7, 11) is 0. The maximum atomic E-state index is 12.6. The maximum Gasteiger partial charge on any atom is 0.407 e. The van der Waals surface area contributed by atoms with E-state index in [0.717, 1.165) is 11.1 Å². The van der Waals surface area contributed by atoms with Crippen molar-refractivity contribution in [3.05, 3.63) is 59.7 Å². The van der Waals surface area contributed by atoms with Crippen LogP contribution in [0.2, 0.25) is 0 Å². The second-order valence-electron chi connectivity index (χ2n) is 9.60. The first kappa shape index (κ1) is 23.4. The highest BCUT2D eigenvalue weighted by atomic mass is 16.5. The van der Waals surface area contributed by atoms with Crippen LogP contribution in [0, 0.1) is 11.8 Å². The van der Waals surface area contributed by atoms with E-state index < -0.39 is 18.2 Å². The van der Waals surface area contributed by atoms with Crippen LogP contribution in [0.4, 0.5) is 4.79 Å².